The maximum atomic E-state index is 12.8. The summed E-state index contributed by atoms with van der Waals surface area (Å²) in [6.45, 7) is 1.90. The van der Waals surface area contributed by atoms with Crippen molar-refractivity contribution in [1.82, 2.24) is 10.3 Å². The van der Waals surface area contributed by atoms with Crippen molar-refractivity contribution in [2.24, 2.45) is 0 Å². The first kappa shape index (κ1) is 20.1. The van der Waals surface area contributed by atoms with Crippen LogP contribution in [0.3, 0.4) is 0 Å². The number of carbonyl (C=O) groups is 1. The standard InChI is InChI=1S/C23H23ClN2O2S/c24-19-8-4-7-18(14-19)23(9-11-28-12-10-23)16-25-22(27)20-15-29-21(26-20)13-17-5-2-1-3-6-17/h1-8,14-15H,9-13,16H2,(H,25,27). The summed E-state index contributed by atoms with van der Waals surface area (Å²) >= 11 is 7.75. The predicted molar refractivity (Wildman–Crippen MR) is 117 cm³/mol. The highest BCUT2D eigenvalue weighted by Crippen LogP contribution is 2.35. The number of benzene rings is 2. The number of carbonyl (C=O) groups excluding carboxylic acids is 1. The Labute approximate surface area is 179 Å². The first-order chi connectivity index (χ1) is 14.1. The number of hydrogen-bond acceptors (Lipinski definition) is 4. The fourth-order valence-electron chi connectivity index (χ4n) is 3.75. The van der Waals surface area contributed by atoms with Crippen LogP contribution in [0.25, 0.3) is 0 Å². The predicted octanol–water partition coefficient (Wildman–Crippen LogP) is 4.87. The zero-order valence-corrected chi connectivity index (χ0v) is 17.6. The molecule has 1 saturated heterocycles. The fourth-order valence-corrected chi connectivity index (χ4v) is 4.75. The average molecular weight is 427 g/mol. The third kappa shape index (κ3) is 4.86. The highest BCUT2D eigenvalue weighted by Gasteiger charge is 2.35. The van der Waals surface area contributed by atoms with Crippen LogP contribution in [0, 0.1) is 0 Å². The molecule has 29 heavy (non-hydrogen) atoms. The molecule has 2 aromatic carbocycles. The fraction of sp³-hybridized carbons (Fsp3) is 0.304. The van der Waals surface area contributed by atoms with Gasteiger partial charge in [-0.1, -0.05) is 54.1 Å². The third-order valence-electron chi connectivity index (χ3n) is 5.46. The van der Waals surface area contributed by atoms with Crippen LogP contribution in [0.2, 0.25) is 5.02 Å². The van der Waals surface area contributed by atoms with Gasteiger partial charge >= 0.3 is 0 Å². The summed E-state index contributed by atoms with van der Waals surface area (Å²) in [6, 6.07) is 18.1. The van der Waals surface area contributed by atoms with Crippen molar-refractivity contribution < 1.29 is 9.53 Å². The summed E-state index contributed by atoms with van der Waals surface area (Å²) in [5, 5.41) is 6.60. The molecule has 0 saturated carbocycles. The van der Waals surface area contributed by atoms with Crippen LogP contribution >= 0.6 is 22.9 Å². The molecular formula is C23H23ClN2O2S. The van der Waals surface area contributed by atoms with Gasteiger partial charge in [-0.25, -0.2) is 4.98 Å². The molecule has 1 aliphatic rings. The summed E-state index contributed by atoms with van der Waals surface area (Å²) in [7, 11) is 0. The SMILES string of the molecule is O=C(NCC1(c2cccc(Cl)c2)CCOCC1)c1csc(Cc2ccccc2)n1. The molecule has 1 N–H and O–H groups in total. The zero-order valence-electron chi connectivity index (χ0n) is 16.1. The van der Waals surface area contributed by atoms with Crippen molar-refractivity contribution in [2.75, 3.05) is 19.8 Å². The summed E-state index contributed by atoms with van der Waals surface area (Å²) in [6.07, 6.45) is 2.44. The van der Waals surface area contributed by atoms with E-state index in [4.69, 9.17) is 16.3 Å². The molecule has 1 aromatic heterocycles. The lowest BCUT2D eigenvalue weighted by molar-refractivity contribution is 0.0487. The van der Waals surface area contributed by atoms with Gasteiger partial charge in [-0.05, 0) is 36.1 Å². The lowest BCUT2D eigenvalue weighted by Crippen LogP contribution is -2.44. The van der Waals surface area contributed by atoms with Crippen LogP contribution in [-0.2, 0) is 16.6 Å². The summed E-state index contributed by atoms with van der Waals surface area (Å²) in [5.74, 6) is -0.131. The van der Waals surface area contributed by atoms with Gasteiger partial charge in [0.15, 0.2) is 0 Å². The molecule has 6 heteroatoms. The second-order valence-corrected chi connectivity index (χ2v) is 8.75. The maximum Gasteiger partial charge on any atom is 0.270 e. The zero-order chi connectivity index (χ0) is 20.1. The second-order valence-electron chi connectivity index (χ2n) is 7.37. The van der Waals surface area contributed by atoms with E-state index in [1.54, 1.807) is 0 Å². The van der Waals surface area contributed by atoms with Crippen LogP contribution in [0.5, 0.6) is 0 Å². The summed E-state index contributed by atoms with van der Waals surface area (Å²) in [4.78, 5) is 17.3. The van der Waals surface area contributed by atoms with E-state index in [1.807, 2.05) is 41.8 Å². The van der Waals surface area contributed by atoms with E-state index in [0.717, 1.165) is 29.8 Å². The maximum absolute atomic E-state index is 12.8. The van der Waals surface area contributed by atoms with Crippen LogP contribution in [0.4, 0.5) is 0 Å². The molecule has 0 atom stereocenters. The van der Waals surface area contributed by atoms with Crippen LogP contribution in [-0.4, -0.2) is 30.6 Å². The molecule has 4 rings (SSSR count). The lowest BCUT2D eigenvalue weighted by Gasteiger charge is -2.38. The molecular weight excluding hydrogens is 404 g/mol. The number of nitrogens with zero attached hydrogens (tertiary/aromatic N) is 1. The van der Waals surface area contributed by atoms with E-state index >= 15 is 0 Å². The molecule has 4 nitrogen and oxygen atoms in total. The minimum absolute atomic E-state index is 0.131. The normalized spacial score (nSPS) is 15.8. The minimum Gasteiger partial charge on any atom is -0.381 e. The molecule has 0 spiro atoms. The smallest absolute Gasteiger partial charge is 0.270 e. The molecule has 0 bridgehead atoms. The Morgan fingerprint density at radius 1 is 1.14 bits per heavy atom. The van der Waals surface area contributed by atoms with Gasteiger partial charge < -0.3 is 10.1 Å². The van der Waals surface area contributed by atoms with E-state index in [2.05, 4.69) is 28.5 Å². The average Bonchev–Trinajstić information content (AvgIpc) is 3.22. The highest BCUT2D eigenvalue weighted by atomic mass is 35.5. The van der Waals surface area contributed by atoms with Gasteiger partial charge in [0.05, 0.1) is 5.01 Å². The van der Waals surface area contributed by atoms with Crippen LogP contribution in [0.15, 0.2) is 60.0 Å². The van der Waals surface area contributed by atoms with Gasteiger partial charge in [-0.15, -0.1) is 11.3 Å². The highest BCUT2D eigenvalue weighted by molar-refractivity contribution is 7.09. The van der Waals surface area contributed by atoms with Crippen molar-refractivity contribution >= 4 is 28.8 Å². The second kappa shape index (κ2) is 9.08. The van der Waals surface area contributed by atoms with Crippen molar-refractivity contribution in [3.63, 3.8) is 0 Å². The van der Waals surface area contributed by atoms with Crippen molar-refractivity contribution in [2.45, 2.75) is 24.7 Å². The molecule has 2 heterocycles. The third-order valence-corrected chi connectivity index (χ3v) is 6.54. The van der Waals surface area contributed by atoms with E-state index in [-0.39, 0.29) is 11.3 Å². The summed E-state index contributed by atoms with van der Waals surface area (Å²) < 4.78 is 5.57. The molecule has 3 aromatic rings. The van der Waals surface area contributed by atoms with Gasteiger partial charge in [0.1, 0.15) is 5.69 Å². The van der Waals surface area contributed by atoms with Gasteiger partial charge in [-0.2, -0.15) is 0 Å². The Kier molecular flexibility index (Phi) is 6.28. The number of thiazole rings is 1. The Hall–Kier alpha value is -2.21. The number of hydrogen-bond donors (Lipinski definition) is 1. The minimum atomic E-state index is -0.165. The number of nitrogens with one attached hydrogen (secondary N) is 1. The number of aromatic nitrogens is 1. The quantitative estimate of drug-likeness (QED) is 0.612. The molecule has 0 aliphatic carbocycles. The van der Waals surface area contributed by atoms with E-state index < -0.39 is 0 Å². The van der Waals surface area contributed by atoms with Crippen LogP contribution in [0.1, 0.15) is 39.5 Å². The molecule has 0 unspecified atom stereocenters. The number of halogens is 1. The van der Waals surface area contributed by atoms with E-state index in [1.165, 1.54) is 16.9 Å². The van der Waals surface area contributed by atoms with Crippen molar-refractivity contribution in [3.05, 3.63) is 86.8 Å². The van der Waals surface area contributed by atoms with E-state index in [0.29, 0.717) is 30.5 Å². The molecule has 0 radical (unpaired) electrons. The van der Waals surface area contributed by atoms with Gasteiger partial charge in [0.25, 0.3) is 5.91 Å². The first-order valence-corrected chi connectivity index (χ1v) is 11.0. The molecule has 1 fully saturated rings. The first-order valence-electron chi connectivity index (χ1n) is 9.75. The molecule has 1 aliphatic heterocycles. The Bertz CT molecular complexity index is 968. The monoisotopic (exact) mass is 426 g/mol. The van der Waals surface area contributed by atoms with Gasteiger partial charge in [0, 0.05) is 42.0 Å². The van der Waals surface area contributed by atoms with Gasteiger partial charge in [0.2, 0.25) is 0 Å². The lowest BCUT2D eigenvalue weighted by atomic mass is 9.74. The topological polar surface area (TPSA) is 51.2 Å². The van der Waals surface area contributed by atoms with Crippen molar-refractivity contribution in [1.29, 1.82) is 0 Å². The largest absolute Gasteiger partial charge is 0.381 e. The number of rotatable bonds is 6. The van der Waals surface area contributed by atoms with Crippen molar-refractivity contribution in [3.8, 4) is 0 Å². The summed E-state index contributed by atoms with van der Waals surface area (Å²) in [5.41, 5.74) is 2.66. The van der Waals surface area contributed by atoms with Gasteiger partial charge in [-0.3, -0.25) is 4.79 Å². The number of ether oxygens (including phenoxy) is 1. The Morgan fingerprint density at radius 2 is 1.93 bits per heavy atom. The molecule has 150 valence electrons. The van der Waals surface area contributed by atoms with E-state index in [9.17, 15) is 4.79 Å². The molecule has 1 amide bonds. The van der Waals surface area contributed by atoms with Crippen LogP contribution < -0.4 is 5.32 Å². The Balaban J connectivity index is 1.45. The Morgan fingerprint density at radius 3 is 2.69 bits per heavy atom. The number of amides is 1.